The molecule has 0 amide bonds. The standard InChI is InChI=1S/C14H15N5O/c1-2-3-9-19-13-11(17-18-19)14(20)16-12(15-13)10-7-5-4-6-8-10/h4-8H,2-3,9H2,1H3,(H,15,16,20). The second-order valence-corrected chi connectivity index (χ2v) is 4.62. The normalized spacial score (nSPS) is 11.1. The van der Waals surface area contributed by atoms with Crippen LogP contribution in [0.15, 0.2) is 35.1 Å². The van der Waals surface area contributed by atoms with Crippen LogP contribution in [0.25, 0.3) is 22.6 Å². The number of rotatable bonds is 4. The Morgan fingerprint density at radius 1 is 1.25 bits per heavy atom. The van der Waals surface area contributed by atoms with Gasteiger partial charge in [0.25, 0.3) is 5.56 Å². The number of unbranched alkanes of at least 4 members (excludes halogenated alkanes) is 1. The quantitative estimate of drug-likeness (QED) is 0.785. The van der Waals surface area contributed by atoms with E-state index in [4.69, 9.17) is 0 Å². The largest absolute Gasteiger partial charge is 0.304 e. The Hall–Kier alpha value is -2.50. The molecular formula is C14H15N5O. The van der Waals surface area contributed by atoms with Crippen LogP contribution in [0.4, 0.5) is 0 Å². The predicted molar refractivity (Wildman–Crippen MR) is 76.3 cm³/mol. The summed E-state index contributed by atoms with van der Waals surface area (Å²) >= 11 is 0. The Morgan fingerprint density at radius 3 is 2.80 bits per heavy atom. The average molecular weight is 269 g/mol. The molecule has 0 spiro atoms. The molecule has 0 aliphatic heterocycles. The Balaban J connectivity index is 2.14. The lowest BCUT2D eigenvalue weighted by Crippen LogP contribution is -2.11. The van der Waals surface area contributed by atoms with Gasteiger partial charge in [-0.05, 0) is 6.42 Å². The van der Waals surface area contributed by atoms with Gasteiger partial charge >= 0.3 is 0 Å². The predicted octanol–water partition coefficient (Wildman–Crippen LogP) is 1.98. The lowest BCUT2D eigenvalue weighted by Gasteiger charge is -2.02. The Bertz CT molecular complexity index is 775. The van der Waals surface area contributed by atoms with Gasteiger partial charge in [0.15, 0.2) is 11.2 Å². The van der Waals surface area contributed by atoms with Crippen LogP contribution in [-0.2, 0) is 6.54 Å². The summed E-state index contributed by atoms with van der Waals surface area (Å²) < 4.78 is 1.69. The molecule has 0 saturated carbocycles. The summed E-state index contributed by atoms with van der Waals surface area (Å²) in [6.45, 7) is 2.83. The van der Waals surface area contributed by atoms with E-state index in [1.54, 1.807) is 4.68 Å². The maximum atomic E-state index is 12.0. The van der Waals surface area contributed by atoms with Crippen molar-refractivity contribution in [2.45, 2.75) is 26.3 Å². The number of benzene rings is 1. The Labute approximate surface area is 115 Å². The molecule has 2 heterocycles. The molecule has 3 rings (SSSR count). The first kappa shape index (κ1) is 12.5. The van der Waals surface area contributed by atoms with E-state index in [0.29, 0.717) is 17.0 Å². The van der Waals surface area contributed by atoms with E-state index in [9.17, 15) is 4.79 Å². The third-order valence-corrected chi connectivity index (χ3v) is 3.14. The van der Waals surface area contributed by atoms with E-state index < -0.39 is 0 Å². The first-order valence-electron chi connectivity index (χ1n) is 6.68. The van der Waals surface area contributed by atoms with E-state index in [-0.39, 0.29) is 5.56 Å². The second kappa shape index (κ2) is 5.24. The maximum Gasteiger partial charge on any atom is 0.281 e. The minimum absolute atomic E-state index is 0.253. The van der Waals surface area contributed by atoms with Crippen molar-refractivity contribution in [3.8, 4) is 11.4 Å². The number of nitrogens with one attached hydrogen (secondary N) is 1. The number of nitrogens with zero attached hydrogens (tertiary/aromatic N) is 4. The second-order valence-electron chi connectivity index (χ2n) is 4.62. The molecule has 0 fully saturated rings. The molecule has 0 saturated heterocycles. The van der Waals surface area contributed by atoms with Crippen LogP contribution in [-0.4, -0.2) is 25.0 Å². The molecule has 0 bridgehead atoms. The number of aromatic nitrogens is 5. The van der Waals surface area contributed by atoms with Crippen molar-refractivity contribution in [3.05, 3.63) is 40.7 Å². The Morgan fingerprint density at radius 2 is 2.05 bits per heavy atom. The number of aryl methyl sites for hydroxylation is 1. The minimum Gasteiger partial charge on any atom is -0.304 e. The molecule has 6 heteroatoms. The molecule has 0 radical (unpaired) electrons. The van der Waals surface area contributed by atoms with Gasteiger partial charge in [0, 0.05) is 12.1 Å². The van der Waals surface area contributed by atoms with Crippen molar-refractivity contribution < 1.29 is 0 Å². The van der Waals surface area contributed by atoms with Crippen molar-refractivity contribution in [2.24, 2.45) is 0 Å². The van der Waals surface area contributed by atoms with Gasteiger partial charge in [-0.1, -0.05) is 48.9 Å². The fourth-order valence-electron chi connectivity index (χ4n) is 2.06. The van der Waals surface area contributed by atoms with Gasteiger partial charge < -0.3 is 4.98 Å². The van der Waals surface area contributed by atoms with Crippen LogP contribution in [0.1, 0.15) is 19.8 Å². The minimum atomic E-state index is -0.253. The number of hydrogen-bond donors (Lipinski definition) is 1. The SMILES string of the molecule is CCCCn1nnc2c(=O)[nH]c(-c3ccccc3)nc21. The van der Waals surface area contributed by atoms with Crippen molar-refractivity contribution in [1.82, 2.24) is 25.0 Å². The number of hydrogen-bond acceptors (Lipinski definition) is 4. The lowest BCUT2D eigenvalue weighted by atomic mass is 10.2. The molecule has 0 aliphatic carbocycles. The highest BCUT2D eigenvalue weighted by molar-refractivity contribution is 5.71. The highest BCUT2D eigenvalue weighted by atomic mass is 16.1. The van der Waals surface area contributed by atoms with Crippen LogP contribution in [0, 0.1) is 0 Å². The molecule has 2 aromatic heterocycles. The highest BCUT2D eigenvalue weighted by Gasteiger charge is 2.12. The summed E-state index contributed by atoms with van der Waals surface area (Å²) in [5, 5.41) is 7.93. The fraction of sp³-hybridized carbons (Fsp3) is 0.286. The van der Waals surface area contributed by atoms with Gasteiger partial charge in [0.05, 0.1) is 0 Å². The van der Waals surface area contributed by atoms with Gasteiger partial charge in [-0.15, -0.1) is 5.10 Å². The summed E-state index contributed by atoms with van der Waals surface area (Å²) in [6.07, 6.45) is 2.03. The van der Waals surface area contributed by atoms with Gasteiger partial charge in [-0.3, -0.25) is 4.79 Å². The molecule has 1 N–H and O–H groups in total. The fourth-order valence-corrected chi connectivity index (χ4v) is 2.06. The van der Waals surface area contributed by atoms with Crippen LogP contribution in [0.5, 0.6) is 0 Å². The lowest BCUT2D eigenvalue weighted by molar-refractivity contribution is 0.564. The van der Waals surface area contributed by atoms with E-state index in [2.05, 4.69) is 27.2 Å². The third-order valence-electron chi connectivity index (χ3n) is 3.14. The van der Waals surface area contributed by atoms with Gasteiger partial charge in [-0.25, -0.2) is 9.67 Å². The van der Waals surface area contributed by atoms with Gasteiger partial charge in [0.2, 0.25) is 0 Å². The molecular weight excluding hydrogens is 254 g/mol. The zero-order valence-corrected chi connectivity index (χ0v) is 11.2. The van der Waals surface area contributed by atoms with E-state index in [1.807, 2.05) is 30.3 Å². The first-order chi connectivity index (χ1) is 9.79. The maximum absolute atomic E-state index is 12.0. The van der Waals surface area contributed by atoms with Crippen molar-refractivity contribution in [2.75, 3.05) is 0 Å². The zero-order valence-electron chi connectivity index (χ0n) is 11.2. The summed E-state index contributed by atoms with van der Waals surface area (Å²) in [5.74, 6) is 0.545. The third kappa shape index (κ3) is 2.20. The van der Waals surface area contributed by atoms with Crippen LogP contribution >= 0.6 is 0 Å². The summed E-state index contributed by atoms with van der Waals surface area (Å²) in [6, 6.07) is 9.56. The average Bonchev–Trinajstić information content (AvgIpc) is 2.89. The van der Waals surface area contributed by atoms with E-state index >= 15 is 0 Å². The number of fused-ring (bicyclic) bond motifs is 1. The molecule has 1 aromatic carbocycles. The monoisotopic (exact) mass is 269 g/mol. The van der Waals surface area contributed by atoms with Crippen molar-refractivity contribution in [1.29, 1.82) is 0 Å². The number of H-pyrrole nitrogens is 1. The molecule has 102 valence electrons. The molecule has 0 unspecified atom stereocenters. The topological polar surface area (TPSA) is 76.5 Å². The molecule has 3 aromatic rings. The van der Waals surface area contributed by atoms with E-state index in [1.165, 1.54) is 0 Å². The highest BCUT2D eigenvalue weighted by Crippen LogP contribution is 2.14. The zero-order chi connectivity index (χ0) is 13.9. The summed E-state index contributed by atoms with van der Waals surface area (Å²) in [4.78, 5) is 19.3. The summed E-state index contributed by atoms with van der Waals surface area (Å²) in [7, 11) is 0. The molecule has 20 heavy (non-hydrogen) atoms. The first-order valence-corrected chi connectivity index (χ1v) is 6.68. The molecule has 0 aliphatic rings. The van der Waals surface area contributed by atoms with Crippen LogP contribution < -0.4 is 5.56 Å². The van der Waals surface area contributed by atoms with Crippen molar-refractivity contribution >= 4 is 11.2 Å². The molecule has 0 atom stereocenters. The summed E-state index contributed by atoms with van der Waals surface area (Å²) in [5.41, 5.74) is 1.45. The number of aromatic amines is 1. The van der Waals surface area contributed by atoms with E-state index in [0.717, 1.165) is 24.9 Å². The van der Waals surface area contributed by atoms with Gasteiger partial charge in [-0.2, -0.15) is 0 Å². The smallest absolute Gasteiger partial charge is 0.281 e. The van der Waals surface area contributed by atoms with Gasteiger partial charge in [0.1, 0.15) is 5.82 Å². The molecule has 6 nitrogen and oxygen atoms in total. The van der Waals surface area contributed by atoms with Crippen LogP contribution in [0.2, 0.25) is 0 Å². The Kier molecular flexibility index (Phi) is 3.28. The van der Waals surface area contributed by atoms with Crippen molar-refractivity contribution in [3.63, 3.8) is 0 Å². The van der Waals surface area contributed by atoms with Crippen LogP contribution in [0.3, 0.4) is 0 Å².